The van der Waals surface area contributed by atoms with Gasteiger partial charge >= 0.3 is 39.5 Å². The Labute approximate surface area is 604 Å². The Hall–Kier alpha value is -5.32. The molecule has 5 atom stereocenters. The SMILES string of the molecule is CC/C=C\C/C=C\C/C=C\C/C=C\C/C=C\C/C=C\CCC(=O)OCC(COP(=O)(O)OCC(O)COP(=O)(O)OCC(COC(=O)CCCCCCC/C=C\C/C=C\C/C=C\CC)OC(=O)CCCCCCC/C=C\C/C=C\CCC)OC(=O)CCCCCCC/C=C\C/C=C\CCC. The number of hydrogen-bond acceptors (Lipinski definition) is 15. The van der Waals surface area contributed by atoms with Crippen molar-refractivity contribution in [1.82, 2.24) is 0 Å². The molecule has 0 bridgehead atoms. The number of aliphatic hydroxyl groups excluding tert-OH is 1. The number of rotatable bonds is 69. The lowest BCUT2D eigenvalue weighted by atomic mass is 10.1. The number of hydrogen-bond donors (Lipinski definition) is 3. The van der Waals surface area contributed by atoms with Crippen molar-refractivity contribution in [3.63, 3.8) is 0 Å². The summed E-state index contributed by atoms with van der Waals surface area (Å²) in [4.78, 5) is 72.8. The van der Waals surface area contributed by atoms with Crippen LogP contribution in [-0.2, 0) is 65.4 Å². The fourth-order valence-electron chi connectivity index (χ4n) is 9.28. The number of carbonyl (C=O) groups is 4. The van der Waals surface area contributed by atoms with Crippen molar-refractivity contribution in [2.75, 3.05) is 39.6 Å². The normalized spacial score (nSPS) is 14.8. The standard InChI is InChI=1S/C81H132O17P2/c1-5-9-13-17-21-25-29-33-35-36-37-38-40-44-46-50-54-58-62-66-79(84)92-72-77(98-81(86)68-64-60-56-52-48-42-32-28-24-20-16-12-8-4)74-96-100(89,90)94-70-75(82)69-93-99(87,88)95-73-76(97-80(85)67-63-59-55-51-47-41-31-27-23-19-15-11-7-3)71-91-78(83)65-61-57-53-49-45-43-39-34-30-26-22-18-14-10-6-2/h9-10,13-16,19-22,25-28,31-35,37-39,44,46,54,58,75-77,82H,5-8,11-12,17-18,23-24,29-30,36,40-43,45,47-53,55-57,59-74H2,1-4H3,(H,87,88)(H,89,90)/b13-9-,14-10-,19-15-,20-16-,25-21-,26-22-,31-27-,32-28-,35-33-,38-37-,39-34-,46-44-,58-54-. The number of carbonyl (C=O) groups excluding carboxylic acids is 4. The summed E-state index contributed by atoms with van der Waals surface area (Å²) in [6.45, 7) is 4.35. The number of phosphoric ester groups is 2. The van der Waals surface area contributed by atoms with Gasteiger partial charge in [-0.1, -0.05) is 256 Å². The predicted molar refractivity (Wildman–Crippen MR) is 408 cm³/mol. The van der Waals surface area contributed by atoms with Crippen molar-refractivity contribution in [1.29, 1.82) is 0 Å². The van der Waals surface area contributed by atoms with Gasteiger partial charge in [0.2, 0.25) is 0 Å². The van der Waals surface area contributed by atoms with Crippen LogP contribution in [0.2, 0.25) is 0 Å². The number of phosphoric acid groups is 2. The predicted octanol–water partition coefficient (Wildman–Crippen LogP) is 21.7. The Balaban J connectivity index is 5.44. The van der Waals surface area contributed by atoms with E-state index >= 15 is 0 Å². The summed E-state index contributed by atoms with van der Waals surface area (Å²) in [5.74, 6) is -2.34. The maximum Gasteiger partial charge on any atom is 0.472 e. The van der Waals surface area contributed by atoms with Gasteiger partial charge in [0.1, 0.15) is 19.3 Å². The van der Waals surface area contributed by atoms with Gasteiger partial charge in [0.15, 0.2) is 12.2 Å². The van der Waals surface area contributed by atoms with Gasteiger partial charge in [-0.2, -0.15) is 0 Å². The number of allylic oxidation sites excluding steroid dienone is 26. The zero-order valence-electron chi connectivity index (χ0n) is 61.8. The van der Waals surface area contributed by atoms with Crippen LogP contribution in [0.15, 0.2) is 158 Å². The highest BCUT2D eigenvalue weighted by atomic mass is 31.2. The Bertz CT molecular complexity index is 2520. The summed E-state index contributed by atoms with van der Waals surface area (Å²) >= 11 is 0. The molecular weight excluding hydrogens is 1310 g/mol. The summed E-state index contributed by atoms with van der Waals surface area (Å²) in [5.41, 5.74) is 0. The molecule has 0 aromatic rings. The van der Waals surface area contributed by atoms with Gasteiger partial charge in [-0.15, -0.1) is 0 Å². The topological polar surface area (TPSA) is 237 Å². The van der Waals surface area contributed by atoms with Crippen molar-refractivity contribution in [2.45, 2.75) is 290 Å². The maximum absolute atomic E-state index is 13.1. The van der Waals surface area contributed by atoms with Crippen LogP contribution in [0.3, 0.4) is 0 Å². The van der Waals surface area contributed by atoms with Gasteiger partial charge in [0.05, 0.1) is 26.4 Å². The fourth-order valence-corrected chi connectivity index (χ4v) is 10.9. The average molecular weight is 1440 g/mol. The first-order valence-corrected chi connectivity index (χ1v) is 40.7. The van der Waals surface area contributed by atoms with Crippen LogP contribution in [0.5, 0.6) is 0 Å². The Kier molecular flexibility index (Phi) is 68.2. The average Bonchev–Trinajstić information content (AvgIpc) is 0.935. The minimum atomic E-state index is -5.00. The van der Waals surface area contributed by atoms with Gasteiger partial charge in [-0.3, -0.25) is 37.3 Å². The maximum atomic E-state index is 13.1. The molecule has 0 saturated carbocycles. The lowest BCUT2D eigenvalue weighted by Gasteiger charge is -2.21. The van der Waals surface area contributed by atoms with E-state index in [2.05, 4.69) is 167 Å². The minimum Gasteiger partial charge on any atom is -0.462 e. The van der Waals surface area contributed by atoms with Crippen molar-refractivity contribution < 1.29 is 80.2 Å². The first-order chi connectivity index (χ1) is 48.7. The molecule has 17 nitrogen and oxygen atoms in total. The molecule has 3 N–H and O–H groups in total. The monoisotopic (exact) mass is 1440 g/mol. The number of aliphatic hydroxyl groups is 1. The lowest BCUT2D eigenvalue weighted by Crippen LogP contribution is -2.30. The third-order valence-electron chi connectivity index (χ3n) is 14.9. The number of esters is 4. The molecule has 0 rings (SSSR count). The smallest absolute Gasteiger partial charge is 0.462 e. The van der Waals surface area contributed by atoms with Crippen LogP contribution in [0.1, 0.15) is 272 Å². The molecule has 0 amide bonds. The third-order valence-corrected chi connectivity index (χ3v) is 16.8. The van der Waals surface area contributed by atoms with E-state index in [0.717, 1.165) is 186 Å². The van der Waals surface area contributed by atoms with Crippen molar-refractivity contribution >= 4 is 39.5 Å². The van der Waals surface area contributed by atoms with Gasteiger partial charge in [0.25, 0.3) is 0 Å². The Morgan fingerprint density at radius 2 is 0.540 bits per heavy atom. The van der Waals surface area contributed by atoms with Crippen LogP contribution in [0, 0.1) is 0 Å². The molecule has 0 aromatic heterocycles. The van der Waals surface area contributed by atoms with Gasteiger partial charge in [0, 0.05) is 25.7 Å². The molecule has 568 valence electrons. The van der Waals surface area contributed by atoms with Crippen LogP contribution >= 0.6 is 15.6 Å². The molecule has 0 saturated heterocycles. The lowest BCUT2D eigenvalue weighted by molar-refractivity contribution is -0.161. The summed E-state index contributed by atoms with van der Waals surface area (Å²) < 4.78 is 68.3. The quantitative estimate of drug-likeness (QED) is 0.0169. The largest absolute Gasteiger partial charge is 0.472 e. The summed E-state index contributed by atoms with van der Waals surface area (Å²) in [6.07, 6.45) is 82.5. The van der Waals surface area contributed by atoms with E-state index in [1.807, 2.05) is 18.2 Å². The van der Waals surface area contributed by atoms with Crippen molar-refractivity contribution in [2.24, 2.45) is 0 Å². The second-order valence-corrected chi connectivity index (χ2v) is 27.4. The highest BCUT2D eigenvalue weighted by Gasteiger charge is 2.30. The van der Waals surface area contributed by atoms with Crippen molar-refractivity contribution in [3.05, 3.63) is 158 Å². The summed E-state index contributed by atoms with van der Waals surface area (Å²) in [7, 11) is -9.99. The summed E-state index contributed by atoms with van der Waals surface area (Å²) in [5, 5.41) is 10.6. The zero-order chi connectivity index (χ0) is 73.2. The molecule has 0 heterocycles. The highest BCUT2D eigenvalue weighted by Crippen LogP contribution is 2.45. The van der Waals surface area contributed by atoms with E-state index < -0.39 is 97.5 Å². The molecule has 0 spiro atoms. The molecule has 0 aliphatic carbocycles. The molecule has 0 fully saturated rings. The van der Waals surface area contributed by atoms with Gasteiger partial charge in [-0.05, 0) is 148 Å². The highest BCUT2D eigenvalue weighted by molar-refractivity contribution is 7.47. The Morgan fingerprint density at radius 1 is 0.290 bits per heavy atom. The zero-order valence-corrected chi connectivity index (χ0v) is 63.6. The van der Waals surface area contributed by atoms with E-state index in [1.165, 1.54) is 0 Å². The summed E-state index contributed by atoms with van der Waals surface area (Å²) in [6, 6.07) is 0. The van der Waals surface area contributed by atoms with Crippen LogP contribution in [0.25, 0.3) is 0 Å². The van der Waals surface area contributed by atoms with Gasteiger partial charge < -0.3 is 33.8 Å². The van der Waals surface area contributed by atoms with Crippen LogP contribution < -0.4 is 0 Å². The Morgan fingerprint density at radius 3 is 0.860 bits per heavy atom. The van der Waals surface area contributed by atoms with E-state index in [1.54, 1.807) is 0 Å². The fraction of sp³-hybridized carbons (Fsp3) is 0.630. The number of unbranched alkanes of at least 4 members (excludes halogenated alkanes) is 17. The molecule has 0 radical (unpaired) electrons. The first-order valence-electron chi connectivity index (χ1n) is 37.7. The minimum absolute atomic E-state index is 0.0278. The van der Waals surface area contributed by atoms with Crippen molar-refractivity contribution in [3.8, 4) is 0 Å². The second-order valence-electron chi connectivity index (χ2n) is 24.5. The first kappa shape index (κ1) is 94.7. The van der Waals surface area contributed by atoms with Crippen LogP contribution in [-0.4, -0.2) is 96.7 Å². The van der Waals surface area contributed by atoms with E-state index in [0.29, 0.717) is 32.1 Å². The van der Waals surface area contributed by atoms with E-state index in [9.17, 15) is 43.2 Å². The molecular formula is C81H132O17P2. The molecule has 0 aliphatic heterocycles. The molecule has 5 unspecified atom stereocenters. The van der Waals surface area contributed by atoms with Crippen LogP contribution in [0.4, 0.5) is 0 Å². The molecule has 0 aliphatic rings. The third kappa shape index (κ3) is 71.1. The van der Waals surface area contributed by atoms with E-state index in [4.69, 9.17) is 37.0 Å². The molecule has 100 heavy (non-hydrogen) atoms. The second kappa shape index (κ2) is 72.0. The van der Waals surface area contributed by atoms with E-state index in [-0.39, 0.29) is 25.7 Å². The molecule has 0 aromatic carbocycles. The number of ether oxygens (including phenoxy) is 4. The van der Waals surface area contributed by atoms with Gasteiger partial charge in [-0.25, -0.2) is 9.13 Å². The molecule has 19 heteroatoms.